The molecule has 4 aliphatic carbocycles. The number of carbonyl (C=O) groups excluding carboxylic acids is 2. The topological polar surface area (TPSA) is 75.4 Å². The molecule has 6 heteroatoms. The van der Waals surface area contributed by atoms with Gasteiger partial charge in [-0.15, -0.1) is 0 Å². The van der Waals surface area contributed by atoms with Crippen LogP contribution in [0.15, 0.2) is 10.7 Å². The number of carbonyl (C=O) groups is 2. The van der Waals surface area contributed by atoms with Crippen molar-refractivity contribution in [3.05, 3.63) is 17.8 Å². The summed E-state index contributed by atoms with van der Waals surface area (Å²) in [6.45, 7) is 10.0. The molecule has 5 rings (SSSR count). The fraction of sp³-hybridized carbons (Fsp3) is 0.792. The zero-order chi connectivity index (χ0) is 21.5. The van der Waals surface area contributed by atoms with Crippen LogP contribution in [0.4, 0.5) is 0 Å². The first-order chi connectivity index (χ1) is 14.2. The molecule has 4 saturated carbocycles. The Bertz CT molecular complexity index is 747. The first-order valence-corrected chi connectivity index (χ1v) is 11.8. The van der Waals surface area contributed by atoms with Gasteiger partial charge < -0.3 is 14.6 Å². The number of aromatic nitrogens is 1. The number of hydrogen-bond donors (Lipinski definition) is 1. The number of oxazole rings is 1. The van der Waals surface area contributed by atoms with Crippen molar-refractivity contribution in [2.45, 2.75) is 72.8 Å². The van der Waals surface area contributed by atoms with E-state index in [0.717, 1.165) is 37.0 Å². The molecule has 1 N–H and O–H groups in total. The molecule has 1 aromatic heterocycles. The van der Waals surface area contributed by atoms with E-state index in [1.165, 1.54) is 25.5 Å². The molecule has 0 unspecified atom stereocenters. The Hall–Kier alpha value is -1.85. The van der Waals surface area contributed by atoms with Gasteiger partial charge in [0, 0.05) is 13.1 Å². The molecule has 6 nitrogen and oxygen atoms in total. The first kappa shape index (κ1) is 21.4. The maximum atomic E-state index is 13.8. The van der Waals surface area contributed by atoms with Gasteiger partial charge in [-0.1, -0.05) is 27.7 Å². The summed E-state index contributed by atoms with van der Waals surface area (Å²) in [6, 6.07) is 0. The van der Waals surface area contributed by atoms with Gasteiger partial charge >= 0.3 is 0 Å². The van der Waals surface area contributed by atoms with Crippen LogP contribution in [0.5, 0.6) is 0 Å². The molecule has 4 fully saturated rings. The fourth-order valence-corrected chi connectivity index (χ4v) is 6.41. The number of nitrogens with one attached hydrogen (secondary N) is 1. The molecule has 0 aromatic carbocycles. The lowest BCUT2D eigenvalue weighted by molar-refractivity contribution is -0.159. The van der Waals surface area contributed by atoms with Crippen molar-refractivity contribution in [2.75, 3.05) is 13.1 Å². The van der Waals surface area contributed by atoms with Gasteiger partial charge in [0.1, 0.15) is 6.26 Å². The summed E-state index contributed by atoms with van der Waals surface area (Å²) >= 11 is 0. The number of hydrogen-bond acceptors (Lipinski definition) is 4. The highest BCUT2D eigenvalue weighted by atomic mass is 16.3. The van der Waals surface area contributed by atoms with Gasteiger partial charge in [-0.05, 0) is 68.1 Å². The van der Waals surface area contributed by atoms with Gasteiger partial charge in [-0.2, -0.15) is 0 Å². The van der Waals surface area contributed by atoms with E-state index in [4.69, 9.17) is 4.42 Å². The van der Waals surface area contributed by atoms with E-state index in [9.17, 15) is 9.59 Å². The van der Waals surface area contributed by atoms with E-state index >= 15 is 0 Å². The lowest BCUT2D eigenvalue weighted by atomic mass is 9.49. The normalized spacial score (nSPS) is 29.6. The summed E-state index contributed by atoms with van der Waals surface area (Å²) in [5.74, 6) is 3.47. The van der Waals surface area contributed by atoms with Crippen LogP contribution in [0.3, 0.4) is 0 Å². The third kappa shape index (κ3) is 4.42. The van der Waals surface area contributed by atoms with Crippen molar-refractivity contribution < 1.29 is 14.0 Å². The number of amides is 2. The molecule has 1 aromatic rings. The van der Waals surface area contributed by atoms with Crippen molar-refractivity contribution in [3.63, 3.8) is 0 Å². The van der Waals surface area contributed by atoms with Crippen LogP contribution in [0.2, 0.25) is 0 Å². The molecule has 30 heavy (non-hydrogen) atoms. The quantitative estimate of drug-likeness (QED) is 0.688. The molecule has 0 spiro atoms. The monoisotopic (exact) mass is 415 g/mol. The molecule has 2 amide bonds. The summed E-state index contributed by atoms with van der Waals surface area (Å²) in [4.78, 5) is 32.5. The van der Waals surface area contributed by atoms with Gasteiger partial charge in [-0.25, -0.2) is 4.98 Å². The molecule has 1 heterocycles. The van der Waals surface area contributed by atoms with E-state index in [-0.39, 0.29) is 17.0 Å². The van der Waals surface area contributed by atoms with Crippen molar-refractivity contribution in [1.82, 2.24) is 15.2 Å². The van der Waals surface area contributed by atoms with Crippen LogP contribution in [-0.4, -0.2) is 34.8 Å². The average molecular weight is 416 g/mol. The van der Waals surface area contributed by atoms with Gasteiger partial charge in [0.25, 0.3) is 5.91 Å². The predicted octanol–water partition coefficient (Wildman–Crippen LogP) is 4.26. The molecular weight excluding hydrogens is 378 g/mol. The average Bonchev–Trinajstić information content (AvgIpc) is 3.12. The van der Waals surface area contributed by atoms with E-state index in [1.54, 1.807) is 0 Å². The third-order valence-electron chi connectivity index (χ3n) is 7.15. The second kappa shape index (κ2) is 8.35. The Morgan fingerprint density at radius 3 is 2.23 bits per heavy atom. The van der Waals surface area contributed by atoms with Gasteiger partial charge in [-0.3, -0.25) is 9.59 Å². The SMILES string of the molecule is CC(C)CNC(=O)c1coc(CN(CC(C)C)C(=O)C23CC4CC(CC(C4)C2)C3)n1. The molecule has 0 aliphatic heterocycles. The largest absolute Gasteiger partial charge is 0.446 e. The zero-order valence-corrected chi connectivity index (χ0v) is 18.9. The maximum Gasteiger partial charge on any atom is 0.273 e. The van der Waals surface area contributed by atoms with E-state index in [2.05, 4.69) is 24.1 Å². The zero-order valence-electron chi connectivity index (χ0n) is 18.9. The Morgan fingerprint density at radius 2 is 1.70 bits per heavy atom. The van der Waals surface area contributed by atoms with Crippen molar-refractivity contribution in [2.24, 2.45) is 35.0 Å². The molecule has 4 bridgehead atoms. The first-order valence-electron chi connectivity index (χ1n) is 11.8. The van der Waals surface area contributed by atoms with Gasteiger partial charge in [0.2, 0.25) is 11.8 Å². The van der Waals surface area contributed by atoms with Crippen LogP contribution >= 0.6 is 0 Å². The van der Waals surface area contributed by atoms with Crippen LogP contribution in [-0.2, 0) is 11.3 Å². The molecule has 0 saturated heterocycles. The molecule has 0 atom stereocenters. The Kier molecular flexibility index (Phi) is 5.95. The van der Waals surface area contributed by atoms with Gasteiger partial charge in [0.15, 0.2) is 5.69 Å². The summed E-state index contributed by atoms with van der Waals surface area (Å²) in [6.07, 6.45) is 8.55. The third-order valence-corrected chi connectivity index (χ3v) is 7.15. The van der Waals surface area contributed by atoms with Crippen molar-refractivity contribution in [1.29, 1.82) is 0 Å². The highest BCUT2D eigenvalue weighted by Crippen LogP contribution is 2.60. The van der Waals surface area contributed by atoms with E-state index in [0.29, 0.717) is 43.3 Å². The van der Waals surface area contributed by atoms with Crippen LogP contribution in [0.1, 0.15) is 82.6 Å². The van der Waals surface area contributed by atoms with Crippen molar-refractivity contribution in [3.8, 4) is 0 Å². The maximum absolute atomic E-state index is 13.8. The molecular formula is C24H37N3O3. The van der Waals surface area contributed by atoms with E-state index < -0.39 is 0 Å². The Labute approximate surface area is 180 Å². The summed E-state index contributed by atoms with van der Waals surface area (Å²) in [7, 11) is 0. The Balaban J connectivity index is 1.47. The lowest BCUT2D eigenvalue weighted by Gasteiger charge is -2.56. The summed E-state index contributed by atoms with van der Waals surface area (Å²) in [5, 5.41) is 2.87. The van der Waals surface area contributed by atoms with Gasteiger partial charge in [0.05, 0.1) is 12.0 Å². The minimum absolute atomic E-state index is 0.173. The smallest absolute Gasteiger partial charge is 0.273 e. The summed E-state index contributed by atoms with van der Waals surface area (Å²) < 4.78 is 5.61. The second-order valence-corrected chi connectivity index (χ2v) is 11.0. The van der Waals surface area contributed by atoms with Crippen LogP contribution < -0.4 is 5.32 Å². The molecule has 4 aliphatic rings. The molecule has 0 radical (unpaired) electrons. The second-order valence-electron chi connectivity index (χ2n) is 11.0. The predicted molar refractivity (Wildman–Crippen MR) is 115 cm³/mol. The van der Waals surface area contributed by atoms with Crippen molar-refractivity contribution >= 4 is 11.8 Å². The number of rotatable bonds is 8. The highest BCUT2D eigenvalue weighted by molar-refractivity contribution is 5.91. The minimum atomic E-state index is -0.221. The number of nitrogens with zero attached hydrogens (tertiary/aromatic N) is 2. The van der Waals surface area contributed by atoms with Crippen LogP contribution in [0.25, 0.3) is 0 Å². The molecule has 166 valence electrons. The lowest BCUT2D eigenvalue weighted by Crippen LogP contribution is -2.54. The summed E-state index contributed by atoms with van der Waals surface area (Å²) in [5.41, 5.74) is 0.116. The van der Waals surface area contributed by atoms with E-state index in [1.807, 2.05) is 18.7 Å². The fourth-order valence-electron chi connectivity index (χ4n) is 6.41. The minimum Gasteiger partial charge on any atom is -0.446 e. The Morgan fingerprint density at radius 1 is 1.10 bits per heavy atom. The van der Waals surface area contributed by atoms with Crippen LogP contribution in [0, 0.1) is 35.0 Å². The standard InChI is InChI=1S/C24H37N3O3/c1-15(2)11-25-22(28)20-14-30-21(26-20)13-27(12-16(3)4)23(29)24-8-17-5-18(9-24)7-19(6-17)10-24/h14-19H,5-13H2,1-4H3,(H,25,28). The highest BCUT2D eigenvalue weighted by Gasteiger charge is 2.55.